The van der Waals surface area contributed by atoms with E-state index >= 15 is 0 Å². The van der Waals surface area contributed by atoms with Crippen LogP contribution in [-0.2, 0) is 5.54 Å². The normalized spacial score (nSPS) is 15.4. The monoisotopic (exact) mass is 315 g/mol. The first-order valence-corrected chi connectivity index (χ1v) is 8.43. The molecular weight excluding hydrogens is 286 g/mol. The molecule has 1 aromatic carbocycles. The van der Waals surface area contributed by atoms with Gasteiger partial charge in [-0.05, 0) is 63.9 Å². The van der Waals surface area contributed by atoms with Crippen LogP contribution in [0, 0.1) is 0 Å². The first kappa shape index (κ1) is 17.5. The molecule has 4 heteroatoms. The van der Waals surface area contributed by atoms with E-state index in [1.165, 1.54) is 12.8 Å². The Kier molecular flexibility index (Phi) is 5.83. The molecular formula is C19H29N3O. The maximum absolute atomic E-state index is 12.2. The van der Waals surface area contributed by atoms with Crippen molar-refractivity contribution in [3.63, 3.8) is 0 Å². The van der Waals surface area contributed by atoms with Crippen molar-refractivity contribution < 1.29 is 4.79 Å². The Labute approximate surface area is 140 Å². The van der Waals surface area contributed by atoms with Crippen LogP contribution >= 0.6 is 0 Å². The van der Waals surface area contributed by atoms with Crippen molar-refractivity contribution >= 4 is 11.6 Å². The lowest BCUT2D eigenvalue weighted by Crippen LogP contribution is -2.47. The van der Waals surface area contributed by atoms with Crippen LogP contribution in [0.25, 0.3) is 5.57 Å². The molecule has 1 saturated heterocycles. The summed E-state index contributed by atoms with van der Waals surface area (Å²) < 4.78 is 0. The van der Waals surface area contributed by atoms with Crippen molar-refractivity contribution in [1.82, 2.24) is 15.5 Å². The van der Waals surface area contributed by atoms with Crippen LogP contribution in [0.15, 0.2) is 30.8 Å². The molecule has 4 nitrogen and oxygen atoms in total. The molecule has 0 spiro atoms. The lowest BCUT2D eigenvalue weighted by atomic mass is 9.92. The van der Waals surface area contributed by atoms with Gasteiger partial charge in [-0.1, -0.05) is 30.4 Å². The predicted molar refractivity (Wildman–Crippen MR) is 96.4 cm³/mol. The molecule has 1 fully saturated rings. The molecule has 126 valence electrons. The second kappa shape index (κ2) is 7.64. The largest absolute Gasteiger partial charge is 0.337 e. The Bertz CT molecular complexity index is 559. The van der Waals surface area contributed by atoms with Gasteiger partial charge in [0, 0.05) is 13.1 Å². The van der Waals surface area contributed by atoms with Crippen molar-refractivity contribution in [3.8, 4) is 0 Å². The number of hydrogen-bond donors (Lipinski definition) is 2. The van der Waals surface area contributed by atoms with Crippen LogP contribution in [-0.4, -0.2) is 37.1 Å². The third kappa shape index (κ3) is 5.10. The fourth-order valence-electron chi connectivity index (χ4n) is 2.91. The van der Waals surface area contributed by atoms with Gasteiger partial charge in [-0.3, -0.25) is 0 Å². The van der Waals surface area contributed by atoms with E-state index in [4.69, 9.17) is 0 Å². The van der Waals surface area contributed by atoms with E-state index in [2.05, 4.69) is 28.2 Å². The zero-order chi connectivity index (χ0) is 16.9. The van der Waals surface area contributed by atoms with Gasteiger partial charge in [0.2, 0.25) is 0 Å². The number of nitrogens with zero attached hydrogens (tertiary/aromatic N) is 1. The summed E-state index contributed by atoms with van der Waals surface area (Å²) >= 11 is 0. The van der Waals surface area contributed by atoms with Crippen molar-refractivity contribution in [2.45, 2.75) is 39.2 Å². The summed E-state index contributed by atoms with van der Waals surface area (Å²) in [6.07, 6.45) is 2.55. The zero-order valence-electron chi connectivity index (χ0n) is 14.6. The maximum atomic E-state index is 12.2. The van der Waals surface area contributed by atoms with E-state index in [9.17, 15) is 4.79 Å². The highest BCUT2D eigenvalue weighted by Crippen LogP contribution is 2.23. The highest BCUT2D eigenvalue weighted by molar-refractivity contribution is 5.75. The molecule has 0 aliphatic carbocycles. The molecule has 2 N–H and O–H groups in total. The first-order chi connectivity index (χ1) is 10.9. The van der Waals surface area contributed by atoms with Gasteiger partial charge in [-0.25, -0.2) is 4.79 Å². The number of amides is 2. The predicted octanol–water partition coefficient (Wildman–Crippen LogP) is 3.35. The molecule has 0 saturated carbocycles. The number of nitrogens with one attached hydrogen (secondary N) is 2. The van der Waals surface area contributed by atoms with E-state index in [1.807, 2.05) is 39.0 Å². The third-order valence-corrected chi connectivity index (χ3v) is 4.42. The fourth-order valence-corrected chi connectivity index (χ4v) is 2.91. The van der Waals surface area contributed by atoms with Gasteiger partial charge < -0.3 is 15.5 Å². The van der Waals surface area contributed by atoms with Crippen LogP contribution in [0.1, 0.15) is 44.7 Å². The highest BCUT2D eigenvalue weighted by Gasteiger charge is 2.23. The standard InChI is InChI=1S/C19H29N3O/c1-15(2)16-8-7-9-17(14-16)19(3,4)21-18(23)20-10-13-22-11-5-6-12-22/h7-9,14H,1,5-6,10-13H2,2-4H3,(H2,20,21,23). The average Bonchev–Trinajstić information content (AvgIpc) is 3.00. The van der Waals surface area contributed by atoms with E-state index in [-0.39, 0.29) is 6.03 Å². The Morgan fingerprint density at radius 3 is 2.65 bits per heavy atom. The summed E-state index contributed by atoms with van der Waals surface area (Å²) in [5.41, 5.74) is 2.78. The van der Waals surface area contributed by atoms with Crippen LogP contribution in [0.3, 0.4) is 0 Å². The highest BCUT2D eigenvalue weighted by atomic mass is 16.2. The van der Waals surface area contributed by atoms with Gasteiger partial charge in [0.05, 0.1) is 5.54 Å². The molecule has 23 heavy (non-hydrogen) atoms. The summed E-state index contributed by atoms with van der Waals surface area (Å²) in [6.45, 7) is 13.9. The van der Waals surface area contributed by atoms with Gasteiger partial charge in [-0.2, -0.15) is 0 Å². The molecule has 0 bridgehead atoms. The molecule has 0 unspecified atom stereocenters. The summed E-state index contributed by atoms with van der Waals surface area (Å²) in [4.78, 5) is 14.6. The molecule has 0 atom stereocenters. The lowest BCUT2D eigenvalue weighted by Gasteiger charge is -2.28. The van der Waals surface area contributed by atoms with Gasteiger partial charge >= 0.3 is 6.03 Å². The number of allylic oxidation sites excluding steroid dienone is 1. The van der Waals surface area contributed by atoms with Gasteiger partial charge in [-0.15, -0.1) is 0 Å². The van der Waals surface area contributed by atoms with Gasteiger partial charge in [0.15, 0.2) is 0 Å². The van der Waals surface area contributed by atoms with Crippen molar-refractivity contribution in [3.05, 3.63) is 42.0 Å². The van der Waals surface area contributed by atoms with E-state index in [0.717, 1.165) is 36.3 Å². The van der Waals surface area contributed by atoms with Gasteiger partial charge in [0.25, 0.3) is 0 Å². The number of carbonyl (C=O) groups is 1. The molecule has 1 aliphatic rings. The second-order valence-corrected chi connectivity index (χ2v) is 6.92. The molecule has 1 aromatic rings. The smallest absolute Gasteiger partial charge is 0.315 e. The minimum absolute atomic E-state index is 0.116. The topological polar surface area (TPSA) is 44.4 Å². The van der Waals surface area contributed by atoms with Crippen LogP contribution in [0.4, 0.5) is 4.79 Å². The Hall–Kier alpha value is -1.81. The SMILES string of the molecule is C=C(C)c1cccc(C(C)(C)NC(=O)NCCN2CCCC2)c1. The van der Waals surface area contributed by atoms with Crippen molar-refractivity contribution in [2.24, 2.45) is 0 Å². The van der Waals surface area contributed by atoms with Crippen LogP contribution in [0.2, 0.25) is 0 Å². The van der Waals surface area contributed by atoms with E-state index < -0.39 is 5.54 Å². The summed E-state index contributed by atoms with van der Waals surface area (Å²) in [5.74, 6) is 0. The summed E-state index contributed by atoms with van der Waals surface area (Å²) in [5, 5.41) is 6.03. The first-order valence-electron chi connectivity index (χ1n) is 8.43. The number of hydrogen-bond acceptors (Lipinski definition) is 2. The Morgan fingerprint density at radius 2 is 2.00 bits per heavy atom. The van der Waals surface area contributed by atoms with Crippen molar-refractivity contribution in [2.75, 3.05) is 26.2 Å². The maximum Gasteiger partial charge on any atom is 0.315 e. The summed E-state index contributed by atoms with van der Waals surface area (Å²) in [6, 6.07) is 8.06. The number of carbonyl (C=O) groups excluding carboxylic acids is 1. The second-order valence-electron chi connectivity index (χ2n) is 6.92. The van der Waals surface area contributed by atoms with Crippen LogP contribution < -0.4 is 10.6 Å². The number of benzene rings is 1. The molecule has 1 aliphatic heterocycles. The third-order valence-electron chi connectivity index (χ3n) is 4.42. The van der Waals surface area contributed by atoms with E-state index in [0.29, 0.717) is 6.54 Å². The van der Waals surface area contributed by atoms with E-state index in [1.54, 1.807) is 0 Å². The number of urea groups is 1. The van der Waals surface area contributed by atoms with Crippen molar-refractivity contribution in [1.29, 1.82) is 0 Å². The molecule has 0 aromatic heterocycles. The Morgan fingerprint density at radius 1 is 1.30 bits per heavy atom. The van der Waals surface area contributed by atoms with Gasteiger partial charge in [0.1, 0.15) is 0 Å². The molecule has 0 radical (unpaired) electrons. The average molecular weight is 315 g/mol. The fraction of sp³-hybridized carbons (Fsp3) is 0.526. The van der Waals surface area contributed by atoms with Crippen LogP contribution in [0.5, 0.6) is 0 Å². The summed E-state index contributed by atoms with van der Waals surface area (Å²) in [7, 11) is 0. The number of rotatable bonds is 6. The molecule has 2 amide bonds. The molecule has 2 rings (SSSR count). The number of likely N-dealkylation sites (tertiary alicyclic amines) is 1. The quantitative estimate of drug-likeness (QED) is 0.845. The molecule has 1 heterocycles. The lowest BCUT2D eigenvalue weighted by molar-refractivity contribution is 0.227. The minimum atomic E-state index is -0.427. The minimum Gasteiger partial charge on any atom is -0.337 e. The zero-order valence-corrected chi connectivity index (χ0v) is 14.6. The Balaban J connectivity index is 1.87.